The molecule has 4 aliphatic heterocycles. The van der Waals surface area contributed by atoms with Crippen LogP contribution in [0.25, 0.3) is 12.2 Å². The average Bonchev–Trinajstić information content (AvgIpc) is 3.65. The molecule has 0 radical (unpaired) electrons. The van der Waals surface area contributed by atoms with Crippen LogP contribution in [0.5, 0.6) is 0 Å². The summed E-state index contributed by atoms with van der Waals surface area (Å²) in [5.41, 5.74) is 4.72. The highest BCUT2D eigenvalue weighted by Crippen LogP contribution is 2.42. The van der Waals surface area contributed by atoms with E-state index in [1.807, 2.05) is 66.8 Å². The monoisotopic (exact) mass is 448 g/mol. The van der Waals surface area contributed by atoms with Crippen LogP contribution in [0.15, 0.2) is 111 Å². The number of aromatic amines is 1. The van der Waals surface area contributed by atoms with Gasteiger partial charge in [-0.2, -0.15) is 0 Å². The third-order valence-corrected chi connectivity index (χ3v) is 6.34. The van der Waals surface area contributed by atoms with Gasteiger partial charge < -0.3 is 19.8 Å². The Morgan fingerprint density at radius 1 is 0.824 bits per heavy atom. The SMILES string of the molecule is COC1=C2NC(c3ccccc3)(C=C3C=CC(=N3)C=c3ccc([nH]3)=CC3=NC(=C2OC)C=C3)C1. The van der Waals surface area contributed by atoms with Crippen molar-refractivity contribution in [2.45, 2.75) is 12.0 Å². The molecule has 8 bridgehead atoms. The van der Waals surface area contributed by atoms with Gasteiger partial charge in [0.2, 0.25) is 0 Å². The fourth-order valence-corrected chi connectivity index (χ4v) is 4.76. The van der Waals surface area contributed by atoms with E-state index in [-0.39, 0.29) is 0 Å². The predicted molar refractivity (Wildman–Crippen MR) is 134 cm³/mol. The molecule has 0 amide bonds. The molecule has 6 rings (SSSR count). The number of methoxy groups -OCH3 is 2. The first-order valence-electron chi connectivity index (χ1n) is 11.2. The third kappa shape index (κ3) is 3.44. The number of ether oxygens (including phenoxy) is 2. The standard InChI is InChI=1S/C28H24N4O2/c1-33-25-17-28(18-6-4-3-5-7-18)16-23-11-10-21(30-23)14-19-8-9-20(29-19)15-22-12-13-24(31-22)27(34-2)26(25)32-28/h3-16,29,32H,17H2,1-2H3. The molecule has 0 saturated carbocycles. The first kappa shape index (κ1) is 20.3. The molecular weight excluding hydrogens is 424 g/mol. The van der Waals surface area contributed by atoms with E-state index >= 15 is 0 Å². The number of H-pyrrole nitrogens is 1. The van der Waals surface area contributed by atoms with Crippen LogP contribution in [-0.4, -0.2) is 30.6 Å². The second kappa shape index (κ2) is 7.92. The van der Waals surface area contributed by atoms with E-state index in [2.05, 4.69) is 28.5 Å². The Balaban J connectivity index is 1.61. The number of aromatic nitrogens is 1. The van der Waals surface area contributed by atoms with Crippen LogP contribution in [0.2, 0.25) is 0 Å². The molecule has 1 unspecified atom stereocenters. The Bertz CT molecular complexity index is 1510. The van der Waals surface area contributed by atoms with Gasteiger partial charge in [0.05, 0.1) is 36.9 Å². The largest absolute Gasteiger partial charge is 0.499 e. The highest BCUT2D eigenvalue weighted by Gasteiger charge is 2.42. The number of aliphatic imine (C=N–C) groups is 2. The van der Waals surface area contributed by atoms with Gasteiger partial charge in [-0.3, -0.25) is 0 Å². The van der Waals surface area contributed by atoms with Crippen LogP contribution in [0, 0.1) is 0 Å². The van der Waals surface area contributed by atoms with Gasteiger partial charge in [-0.05, 0) is 60.2 Å². The number of nitrogens with one attached hydrogen (secondary N) is 2. The van der Waals surface area contributed by atoms with E-state index in [4.69, 9.17) is 19.5 Å². The summed E-state index contributed by atoms with van der Waals surface area (Å²) in [7, 11) is 3.36. The van der Waals surface area contributed by atoms with Gasteiger partial charge >= 0.3 is 0 Å². The molecule has 2 aromatic rings. The first-order chi connectivity index (χ1) is 16.7. The van der Waals surface area contributed by atoms with E-state index in [1.165, 1.54) is 0 Å². The number of benzene rings is 1. The van der Waals surface area contributed by atoms with Crippen molar-refractivity contribution in [1.29, 1.82) is 0 Å². The second-order valence-corrected chi connectivity index (χ2v) is 8.53. The van der Waals surface area contributed by atoms with E-state index in [0.29, 0.717) is 12.2 Å². The van der Waals surface area contributed by atoms with Gasteiger partial charge in [0.1, 0.15) is 17.2 Å². The van der Waals surface area contributed by atoms with Gasteiger partial charge in [0, 0.05) is 17.1 Å². The third-order valence-electron chi connectivity index (χ3n) is 6.34. The summed E-state index contributed by atoms with van der Waals surface area (Å²) in [5, 5.41) is 5.69. The van der Waals surface area contributed by atoms with Crippen LogP contribution < -0.4 is 16.0 Å². The average molecular weight is 449 g/mol. The summed E-state index contributed by atoms with van der Waals surface area (Å²) >= 11 is 0. The lowest BCUT2D eigenvalue weighted by Gasteiger charge is -2.29. The minimum Gasteiger partial charge on any atom is -0.499 e. The molecular formula is C28H24N4O2. The maximum Gasteiger partial charge on any atom is 0.171 e. The van der Waals surface area contributed by atoms with E-state index in [1.54, 1.807) is 14.2 Å². The minimum absolute atomic E-state index is 0.553. The molecule has 0 fully saturated rings. The zero-order chi connectivity index (χ0) is 23.1. The van der Waals surface area contributed by atoms with Crippen molar-refractivity contribution in [2.75, 3.05) is 14.2 Å². The van der Waals surface area contributed by atoms with Crippen LogP contribution in [-0.2, 0) is 15.0 Å². The summed E-state index contributed by atoms with van der Waals surface area (Å²) in [6, 6.07) is 14.4. The number of allylic oxidation sites excluding steroid dienone is 4. The van der Waals surface area contributed by atoms with Crippen molar-refractivity contribution in [3.63, 3.8) is 0 Å². The number of nitrogens with zero attached hydrogens (tertiary/aromatic N) is 2. The molecule has 5 heterocycles. The molecule has 1 atom stereocenters. The van der Waals surface area contributed by atoms with Crippen molar-refractivity contribution in [3.8, 4) is 0 Å². The summed E-state index contributed by atoms with van der Waals surface area (Å²) in [4.78, 5) is 13.1. The van der Waals surface area contributed by atoms with Crippen molar-refractivity contribution < 1.29 is 9.47 Å². The molecule has 1 aromatic carbocycles. The van der Waals surface area contributed by atoms with Crippen molar-refractivity contribution in [1.82, 2.24) is 10.3 Å². The molecule has 0 aliphatic carbocycles. The molecule has 4 aliphatic rings. The molecule has 1 aromatic heterocycles. The lowest BCUT2D eigenvalue weighted by Crippen LogP contribution is -2.36. The lowest BCUT2D eigenvalue weighted by molar-refractivity contribution is 0.261. The van der Waals surface area contributed by atoms with Gasteiger partial charge in [-0.25, -0.2) is 9.98 Å². The summed E-state index contributed by atoms with van der Waals surface area (Å²) in [6.07, 6.45) is 14.9. The van der Waals surface area contributed by atoms with Crippen LogP contribution in [0.4, 0.5) is 0 Å². The van der Waals surface area contributed by atoms with E-state index < -0.39 is 5.54 Å². The van der Waals surface area contributed by atoms with Gasteiger partial charge in [0.15, 0.2) is 5.76 Å². The van der Waals surface area contributed by atoms with Crippen molar-refractivity contribution in [3.05, 3.63) is 118 Å². The molecule has 0 spiro atoms. The van der Waals surface area contributed by atoms with E-state index in [0.717, 1.165) is 50.5 Å². The molecule has 2 N–H and O–H groups in total. The van der Waals surface area contributed by atoms with Crippen LogP contribution in [0.3, 0.4) is 0 Å². The Labute approximate surface area is 197 Å². The van der Waals surface area contributed by atoms with Gasteiger partial charge in [-0.1, -0.05) is 30.3 Å². The number of hydrogen-bond donors (Lipinski definition) is 2. The highest BCUT2D eigenvalue weighted by molar-refractivity contribution is 6.20. The van der Waals surface area contributed by atoms with Gasteiger partial charge in [-0.15, -0.1) is 0 Å². The first-order valence-corrected chi connectivity index (χ1v) is 11.2. The number of rotatable bonds is 3. The molecule has 34 heavy (non-hydrogen) atoms. The Morgan fingerprint density at radius 3 is 2.29 bits per heavy atom. The van der Waals surface area contributed by atoms with E-state index in [9.17, 15) is 0 Å². The zero-order valence-electron chi connectivity index (χ0n) is 19.0. The molecule has 6 nitrogen and oxygen atoms in total. The number of hydrogen-bond acceptors (Lipinski definition) is 5. The molecule has 0 saturated heterocycles. The normalized spacial score (nSPS) is 22.6. The van der Waals surface area contributed by atoms with Gasteiger partial charge in [0.25, 0.3) is 0 Å². The van der Waals surface area contributed by atoms with Crippen LogP contribution >= 0.6 is 0 Å². The molecule has 168 valence electrons. The fraction of sp³-hybridized carbons (Fsp3) is 0.143. The summed E-state index contributed by atoms with van der Waals surface area (Å²) in [5.74, 6) is 1.45. The minimum atomic E-state index is -0.553. The van der Waals surface area contributed by atoms with Crippen LogP contribution in [0.1, 0.15) is 12.0 Å². The van der Waals surface area contributed by atoms with Crippen molar-refractivity contribution in [2.24, 2.45) is 9.98 Å². The Morgan fingerprint density at radius 2 is 1.56 bits per heavy atom. The topological polar surface area (TPSA) is 71.0 Å². The summed E-state index contributed by atoms with van der Waals surface area (Å²) in [6.45, 7) is 0. The highest BCUT2D eigenvalue weighted by atomic mass is 16.5. The Hall–Kier alpha value is -4.32. The summed E-state index contributed by atoms with van der Waals surface area (Å²) < 4.78 is 11.8. The zero-order valence-corrected chi connectivity index (χ0v) is 19.0. The number of fused-ring (bicyclic) bond motifs is 6. The maximum absolute atomic E-state index is 5.89. The second-order valence-electron chi connectivity index (χ2n) is 8.53. The quantitative estimate of drug-likeness (QED) is 0.758. The predicted octanol–water partition coefficient (Wildman–Crippen LogP) is 3.10. The van der Waals surface area contributed by atoms with Crippen molar-refractivity contribution >= 4 is 23.6 Å². The smallest absolute Gasteiger partial charge is 0.171 e. The Kier molecular flexibility index (Phi) is 4.73. The lowest BCUT2D eigenvalue weighted by atomic mass is 9.87. The fourth-order valence-electron chi connectivity index (χ4n) is 4.76. The molecule has 6 heteroatoms. The maximum atomic E-state index is 5.89.